The molecule has 0 aromatic heterocycles. The highest BCUT2D eigenvalue weighted by Crippen LogP contribution is 2.55. The second-order valence-corrected chi connectivity index (χ2v) is 11.5. The molecule has 0 spiro atoms. The van der Waals surface area contributed by atoms with E-state index in [-0.39, 0.29) is 17.0 Å². The van der Waals surface area contributed by atoms with E-state index in [1.165, 1.54) is 34.3 Å². The van der Waals surface area contributed by atoms with Crippen LogP contribution in [0, 0.1) is 5.92 Å². The summed E-state index contributed by atoms with van der Waals surface area (Å²) in [5.41, 5.74) is 1.51. The average molecular weight is 467 g/mol. The quantitative estimate of drug-likeness (QED) is 0.352. The Labute approximate surface area is 188 Å². The standard InChI is InChI=1S/C27H32P.BrH/c1-23(2)19-20-24(3)21-22-28(25-13-7-4-8-14-25,26-15-9-5-10-16-26)27-17-11-6-12-18-27;/h4-18,21,23H,19-20,22H2,1-3H3;1H/q+1;/p-1. The third-order valence-electron chi connectivity index (χ3n) is 5.42. The zero-order chi connectivity index (χ0) is 19.8. The number of benzene rings is 3. The van der Waals surface area contributed by atoms with Gasteiger partial charge >= 0.3 is 0 Å². The molecule has 29 heavy (non-hydrogen) atoms. The molecule has 2 heteroatoms. The van der Waals surface area contributed by atoms with Crippen LogP contribution in [-0.4, -0.2) is 6.16 Å². The minimum atomic E-state index is -1.73. The van der Waals surface area contributed by atoms with Gasteiger partial charge in [-0.1, -0.05) is 74.0 Å². The van der Waals surface area contributed by atoms with Crippen molar-refractivity contribution in [3.63, 3.8) is 0 Å². The molecule has 0 aliphatic carbocycles. The van der Waals surface area contributed by atoms with Crippen LogP contribution in [0.4, 0.5) is 0 Å². The Kier molecular flexibility index (Phi) is 9.34. The molecule has 3 aromatic carbocycles. The first kappa shape index (κ1) is 23.6. The smallest absolute Gasteiger partial charge is 0.115 e. The fourth-order valence-electron chi connectivity index (χ4n) is 3.72. The lowest BCUT2D eigenvalue weighted by atomic mass is 10.0. The van der Waals surface area contributed by atoms with Crippen molar-refractivity contribution in [2.24, 2.45) is 5.92 Å². The van der Waals surface area contributed by atoms with Crippen molar-refractivity contribution in [3.8, 4) is 0 Å². The molecule has 0 aliphatic heterocycles. The van der Waals surface area contributed by atoms with Gasteiger partial charge in [0.1, 0.15) is 23.2 Å². The largest absolute Gasteiger partial charge is 1.00 e. The molecule has 0 atom stereocenters. The van der Waals surface area contributed by atoms with E-state index in [1.807, 2.05) is 0 Å². The van der Waals surface area contributed by atoms with Crippen molar-refractivity contribution < 1.29 is 17.0 Å². The van der Waals surface area contributed by atoms with Gasteiger partial charge in [0, 0.05) is 0 Å². The number of allylic oxidation sites excluding steroid dienone is 2. The highest BCUT2D eigenvalue weighted by atomic mass is 79.9. The maximum Gasteiger partial charge on any atom is 0.115 e. The molecule has 0 bridgehead atoms. The van der Waals surface area contributed by atoms with Crippen molar-refractivity contribution in [3.05, 3.63) is 103 Å². The van der Waals surface area contributed by atoms with Gasteiger partial charge in [0.25, 0.3) is 0 Å². The molecule has 0 heterocycles. The van der Waals surface area contributed by atoms with Crippen molar-refractivity contribution in [2.75, 3.05) is 6.16 Å². The molecule has 152 valence electrons. The van der Waals surface area contributed by atoms with Gasteiger partial charge in [-0.25, -0.2) is 0 Å². The second kappa shape index (κ2) is 11.5. The molecule has 0 amide bonds. The maximum atomic E-state index is 2.52. The van der Waals surface area contributed by atoms with Gasteiger partial charge in [-0.2, -0.15) is 0 Å². The summed E-state index contributed by atoms with van der Waals surface area (Å²) in [6.07, 6.45) is 6.05. The summed E-state index contributed by atoms with van der Waals surface area (Å²) in [6.45, 7) is 6.92. The summed E-state index contributed by atoms with van der Waals surface area (Å²) >= 11 is 0. The van der Waals surface area contributed by atoms with Crippen molar-refractivity contribution in [1.82, 2.24) is 0 Å². The predicted octanol–water partition coefficient (Wildman–Crippen LogP) is 3.37. The molecule has 3 aromatic rings. The fraction of sp³-hybridized carbons (Fsp3) is 0.259. The van der Waals surface area contributed by atoms with Gasteiger partial charge in [0.2, 0.25) is 0 Å². The van der Waals surface area contributed by atoms with E-state index in [2.05, 4.69) is 118 Å². The summed E-state index contributed by atoms with van der Waals surface area (Å²) in [6, 6.07) is 33.4. The van der Waals surface area contributed by atoms with Crippen molar-refractivity contribution >= 4 is 23.2 Å². The topological polar surface area (TPSA) is 0 Å². The van der Waals surface area contributed by atoms with Crippen LogP contribution in [0.1, 0.15) is 33.6 Å². The Hall–Kier alpha value is -1.69. The summed E-state index contributed by atoms with van der Waals surface area (Å²) in [7, 11) is -1.73. The minimum absolute atomic E-state index is 0. The van der Waals surface area contributed by atoms with Crippen molar-refractivity contribution in [1.29, 1.82) is 0 Å². The molecule has 0 nitrogen and oxygen atoms in total. The van der Waals surface area contributed by atoms with Gasteiger partial charge in [0.05, 0.1) is 6.16 Å². The Balaban J connectivity index is 0.00000300. The van der Waals surface area contributed by atoms with E-state index in [0.29, 0.717) is 0 Å². The maximum absolute atomic E-state index is 2.52. The van der Waals surface area contributed by atoms with E-state index in [9.17, 15) is 0 Å². The van der Waals surface area contributed by atoms with Gasteiger partial charge in [-0.3, -0.25) is 0 Å². The van der Waals surface area contributed by atoms with Crippen LogP contribution in [0.3, 0.4) is 0 Å². The molecule has 0 fully saturated rings. The molecule has 0 radical (unpaired) electrons. The van der Waals surface area contributed by atoms with E-state index in [4.69, 9.17) is 0 Å². The SMILES string of the molecule is CC(=CC[P+](c1ccccc1)(c1ccccc1)c1ccccc1)CCC(C)C.[Br-]. The van der Waals surface area contributed by atoms with Crippen LogP contribution < -0.4 is 32.9 Å². The molecular weight excluding hydrogens is 435 g/mol. The Morgan fingerprint density at radius 3 is 1.45 bits per heavy atom. The predicted molar refractivity (Wildman–Crippen MR) is 128 cm³/mol. The van der Waals surface area contributed by atoms with Crippen LogP contribution in [0.15, 0.2) is 103 Å². The van der Waals surface area contributed by atoms with Gasteiger partial charge < -0.3 is 17.0 Å². The van der Waals surface area contributed by atoms with E-state index in [0.717, 1.165) is 12.1 Å². The first-order valence-electron chi connectivity index (χ1n) is 10.3. The number of hydrogen-bond donors (Lipinski definition) is 0. The van der Waals surface area contributed by atoms with Gasteiger partial charge in [-0.15, -0.1) is 0 Å². The van der Waals surface area contributed by atoms with Crippen LogP contribution in [0.2, 0.25) is 0 Å². The first-order chi connectivity index (χ1) is 13.6. The van der Waals surface area contributed by atoms with E-state index in [1.54, 1.807) is 0 Å². The number of halogens is 1. The second-order valence-electron chi connectivity index (χ2n) is 7.98. The summed E-state index contributed by atoms with van der Waals surface area (Å²) < 4.78 is 0. The molecular formula is C27H32BrP. The Morgan fingerprint density at radius 1 is 0.724 bits per heavy atom. The van der Waals surface area contributed by atoms with Crippen LogP contribution >= 0.6 is 7.26 Å². The molecule has 3 rings (SSSR count). The lowest BCUT2D eigenvalue weighted by Gasteiger charge is -2.27. The van der Waals surface area contributed by atoms with Crippen LogP contribution in [0.5, 0.6) is 0 Å². The lowest BCUT2D eigenvalue weighted by Crippen LogP contribution is -3.00. The zero-order valence-electron chi connectivity index (χ0n) is 17.8. The van der Waals surface area contributed by atoms with Crippen LogP contribution in [0.25, 0.3) is 0 Å². The fourth-order valence-corrected chi connectivity index (χ4v) is 7.88. The first-order valence-corrected chi connectivity index (χ1v) is 12.3. The van der Waals surface area contributed by atoms with E-state index >= 15 is 0 Å². The Bertz CT molecular complexity index is 774. The van der Waals surface area contributed by atoms with Crippen LogP contribution in [-0.2, 0) is 0 Å². The summed E-state index contributed by atoms with van der Waals surface area (Å²) in [4.78, 5) is 0. The monoisotopic (exact) mass is 466 g/mol. The minimum Gasteiger partial charge on any atom is -1.00 e. The van der Waals surface area contributed by atoms with Gasteiger partial charge in [-0.05, 0) is 68.2 Å². The summed E-state index contributed by atoms with van der Waals surface area (Å²) in [5.74, 6) is 0.750. The molecule has 0 unspecified atom stereocenters. The number of rotatable bonds is 8. The zero-order valence-corrected chi connectivity index (χ0v) is 20.2. The third-order valence-corrected chi connectivity index (χ3v) is 9.69. The lowest BCUT2D eigenvalue weighted by molar-refractivity contribution is -0.00000580. The molecule has 0 saturated carbocycles. The van der Waals surface area contributed by atoms with Gasteiger partial charge in [0.15, 0.2) is 0 Å². The normalized spacial score (nSPS) is 11.9. The van der Waals surface area contributed by atoms with E-state index < -0.39 is 7.26 Å². The number of hydrogen-bond acceptors (Lipinski definition) is 0. The highest BCUT2D eigenvalue weighted by molar-refractivity contribution is 7.95. The Morgan fingerprint density at radius 2 is 1.10 bits per heavy atom. The molecule has 0 saturated heterocycles. The molecule has 0 aliphatic rings. The molecule has 0 N–H and O–H groups in total. The van der Waals surface area contributed by atoms with Crippen molar-refractivity contribution in [2.45, 2.75) is 33.6 Å². The third kappa shape index (κ3) is 5.91. The summed E-state index contributed by atoms with van der Waals surface area (Å²) in [5, 5.41) is 4.38. The average Bonchev–Trinajstić information content (AvgIpc) is 2.75. The highest BCUT2D eigenvalue weighted by Gasteiger charge is 2.44.